The number of rotatable bonds is 4. The molecule has 23 heavy (non-hydrogen) atoms. The Kier molecular flexibility index (Phi) is 5.13. The Hall–Kier alpha value is -1.66. The van der Waals surface area contributed by atoms with Crippen LogP contribution in [0.5, 0.6) is 0 Å². The lowest BCUT2D eigenvalue weighted by molar-refractivity contribution is -0.121. The van der Waals surface area contributed by atoms with Crippen LogP contribution >= 0.6 is 11.3 Å². The molecule has 0 aliphatic carbocycles. The second kappa shape index (κ2) is 7.27. The van der Waals surface area contributed by atoms with Gasteiger partial charge in [-0.2, -0.15) is 0 Å². The minimum absolute atomic E-state index is 0.0621. The Morgan fingerprint density at radius 1 is 1.43 bits per heavy atom. The first kappa shape index (κ1) is 16.2. The molecule has 124 valence electrons. The van der Waals surface area contributed by atoms with Gasteiger partial charge in [0.05, 0.1) is 12.1 Å². The Labute approximate surface area is 140 Å². The topological polar surface area (TPSA) is 58.4 Å². The number of aryl methyl sites for hydroxylation is 1. The van der Waals surface area contributed by atoms with Crippen LogP contribution in [0.1, 0.15) is 30.7 Å². The first-order valence-electron chi connectivity index (χ1n) is 8.09. The highest BCUT2D eigenvalue weighted by Gasteiger charge is 2.18. The highest BCUT2D eigenvalue weighted by Crippen LogP contribution is 2.25. The van der Waals surface area contributed by atoms with E-state index in [1.54, 1.807) is 0 Å². The van der Waals surface area contributed by atoms with E-state index in [9.17, 15) is 4.79 Å². The number of carbonyl (C=O) groups is 1. The number of thiazole rings is 1. The van der Waals surface area contributed by atoms with Crippen LogP contribution in [0.4, 0.5) is 0 Å². The maximum absolute atomic E-state index is 12.2. The quantitative estimate of drug-likeness (QED) is 0.935. The van der Waals surface area contributed by atoms with E-state index in [0.29, 0.717) is 12.5 Å². The van der Waals surface area contributed by atoms with Crippen molar-refractivity contribution in [2.75, 3.05) is 20.1 Å². The number of hydrogen-bond acceptors (Lipinski definition) is 5. The molecule has 3 heterocycles. The maximum Gasteiger partial charge on any atom is 0.226 e. The van der Waals surface area contributed by atoms with Crippen LogP contribution in [0, 0.1) is 6.92 Å². The summed E-state index contributed by atoms with van der Waals surface area (Å²) >= 11 is 1.52. The molecule has 0 spiro atoms. The smallest absolute Gasteiger partial charge is 0.226 e. The molecular formula is C17H23N3O2S. The van der Waals surface area contributed by atoms with Gasteiger partial charge in [-0.3, -0.25) is 4.79 Å². The molecule has 1 N–H and O–H groups in total. The Bertz CT molecular complexity index is 664. The van der Waals surface area contributed by atoms with Crippen LogP contribution in [0.25, 0.3) is 10.8 Å². The van der Waals surface area contributed by atoms with Gasteiger partial charge in [0.2, 0.25) is 5.91 Å². The summed E-state index contributed by atoms with van der Waals surface area (Å²) in [4.78, 5) is 19.1. The van der Waals surface area contributed by atoms with Gasteiger partial charge in [0, 0.05) is 11.4 Å². The summed E-state index contributed by atoms with van der Waals surface area (Å²) in [5.74, 6) is 1.70. The number of nitrogens with one attached hydrogen (secondary N) is 1. The zero-order valence-electron chi connectivity index (χ0n) is 13.7. The number of amides is 1. The SMILES string of the molecule is Cc1ccc(-c2nc(CC(=O)NC3CCCN(C)CC3)cs2)o1. The second-order valence-electron chi connectivity index (χ2n) is 6.23. The zero-order chi connectivity index (χ0) is 16.2. The summed E-state index contributed by atoms with van der Waals surface area (Å²) in [6.45, 7) is 4.07. The number of aromatic nitrogens is 1. The van der Waals surface area contributed by atoms with Gasteiger partial charge in [-0.05, 0) is 58.5 Å². The molecule has 1 atom stereocenters. The lowest BCUT2D eigenvalue weighted by Gasteiger charge is -2.16. The first-order chi connectivity index (χ1) is 11.1. The third-order valence-electron chi connectivity index (χ3n) is 4.16. The molecule has 0 radical (unpaired) electrons. The largest absolute Gasteiger partial charge is 0.459 e. The van der Waals surface area contributed by atoms with E-state index in [0.717, 1.165) is 54.6 Å². The van der Waals surface area contributed by atoms with Crippen LogP contribution in [0.3, 0.4) is 0 Å². The molecule has 2 aromatic rings. The Morgan fingerprint density at radius 3 is 3.09 bits per heavy atom. The number of carbonyl (C=O) groups excluding carboxylic acids is 1. The molecule has 1 saturated heterocycles. The summed E-state index contributed by atoms with van der Waals surface area (Å²) in [5, 5.41) is 5.93. The van der Waals surface area contributed by atoms with E-state index >= 15 is 0 Å². The average Bonchev–Trinajstić information content (AvgIpc) is 3.08. The van der Waals surface area contributed by atoms with Crippen LogP contribution < -0.4 is 5.32 Å². The standard InChI is InChI=1S/C17H23N3O2S/c1-12-5-6-15(22-12)17-19-14(11-23-17)10-16(21)18-13-4-3-8-20(2)9-7-13/h5-6,11,13H,3-4,7-10H2,1-2H3,(H,18,21). The molecular weight excluding hydrogens is 310 g/mol. The van der Waals surface area contributed by atoms with Gasteiger partial charge in [-0.25, -0.2) is 4.98 Å². The first-order valence-corrected chi connectivity index (χ1v) is 8.97. The van der Waals surface area contributed by atoms with E-state index in [4.69, 9.17) is 4.42 Å². The zero-order valence-corrected chi connectivity index (χ0v) is 14.5. The fourth-order valence-electron chi connectivity index (χ4n) is 2.88. The molecule has 1 amide bonds. The second-order valence-corrected chi connectivity index (χ2v) is 7.09. The predicted octanol–water partition coefficient (Wildman–Crippen LogP) is 2.85. The molecule has 5 nitrogen and oxygen atoms in total. The number of likely N-dealkylation sites (tertiary alicyclic amines) is 1. The van der Waals surface area contributed by atoms with Gasteiger partial charge in [0.25, 0.3) is 0 Å². The van der Waals surface area contributed by atoms with Gasteiger partial charge in [-0.15, -0.1) is 11.3 Å². The van der Waals surface area contributed by atoms with Crippen molar-refractivity contribution in [1.82, 2.24) is 15.2 Å². The summed E-state index contributed by atoms with van der Waals surface area (Å²) in [5.41, 5.74) is 0.808. The van der Waals surface area contributed by atoms with Crippen LogP contribution in [-0.2, 0) is 11.2 Å². The number of furan rings is 1. The highest BCUT2D eigenvalue weighted by molar-refractivity contribution is 7.13. The molecule has 0 saturated carbocycles. The number of nitrogens with zero attached hydrogens (tertiary/aromatic N) is 2. The van der Waals surface area contributed by atoms with Crippen molar-refractivity contribution >= 4 is 17.2 Å². The minimum atomic E-state index is 0.0621. The third-order valence-corrected chi connectivity index (χ3v) is 5.07. The number of hydrogen-bond donors (Lipinski definition) is 1. The molecule has 1 aliphatic rings. The molecule has 1 unspecified atom stereocenters. The van der Waals surface area contributed by atoms with Crippen molar-refractivity contribution in [3.63, 3.8) is 0 Å². The van der Waals surface area contributed by atoms with E-state index < -0.39 is 0 Å². The fraction of sp³-hybridized carbons (Fsp3) is 0.529. The molecule has 1 aliphatic heterocycles. The average molecular weight is 333 g/mol. The highest BCUT2D eigenvalue weighted by atomic mass is 32.1. The summed E-state index contributed by atoms with van der Waals surface area (Å²) in [7, 11) is 2.14. The molecule has 6 heteroatoms. The van der Waals surface area contributed by atoms with Crippen LogP contribution in [0.2, 0.25) is 0 Å². The fourth-order valence-corrected chi connectivity index (χ4v) is 3.66. The van der Waals surface area contributed by atoms with Crippen molar-refractivity contribution in [3.8, 4) is 10.8 Å². The van der Waals surface area contributed by atoms with E-state index in [1.807, 2.05) is 24.4 Å². The lowest BCUT2D eigenvalue weighted by Crippen LogP contribution is -2.36. The Balaban J connectivity index is 1.55. The minimum Gasteiger partial charge on any atom is -0.459 e. The predicted molar refractivity (Wildman–Crippen MR) is 91.5 cm³/mol. The maximum atomic E-state index is 12.2. The van der Waals surface area contributed by atoms with Crippen molar-refractivity contribution in [2.24, 2.45) is 0 Å². The molecule has 3 rings (SSSR count). The Morgan fingerprint density at radius 2 is 2.30 bits per heavy atom. The van der Waals surface area contributed by atoms with Crippen LogP contribution in [-0.4, -0.2) is 42.0 Å². The summed E-state index contributed by atoms with van der Waals surface area (Å²) in [6.07, 6.45) is 3.56. The normalized spacial score (nSPS) is 19.5. The summed E-state index contributed by atoms with van der Waals surface area (Å²) < 4.78 is 5.58. The lowest BCUT2D eigenvalue weighted by atomic mass is 10.1. The van der Waals surface area contributed by atoms with Crippen molar-refractivity contribution < 1.29 is 9.21 Å². The van der Waals surface area contributed by atoms with E-state index in [1.165, 1.54) is 11.3 Å². The van der Waals surface area contributed by atoms with Gasteiger partial charge in [0.1, 0.15) is 5.76 Å². The van der Waals surface area contributed by atoms with Crippen molar-refractivity contribution in [3.05, 3.63) is 29.0 Å². The van der Waals surface area contributed by atoms with Gasteiger partial charge >= 0.3 is 0 Å². The van der Waals surface area contributed by atoms with E-state index in [2.05, 4.69) is 22.2 Å². The van der Waals surface area contributed by atoms with Crippen molar-refractivity contribution in [1.29, 1.82) is 0 Å². The van der Waals surface area contributed by atoms with Crippen LogP contribution in [0.15, 0.2) is 21.9 Å². The van der Waals surface area contributed by atoms with E-state index in [-0.39, 0.29) is 5.91 Å². The van der Waals surface area contributed by atoms with Gasteiger partial charge in [-0.1, -0.05) is 0 Å². The van der Waals surface area contributed by atoms with Gasteiger partial charge < -0.3 is 14.6 Å². The molecule has 0 aromatic carbocycles. The molecule has 1 fully saturated rings. The third kappa shape index (κ3) is 4.42. The molecule has 0 bridgehead atoms. The van der Waals surface area contributed by atoms with Gasteiger partial charge in [0.15, 0.2) is 10.8 Å². The monoisotopic (exact) mass is 333 g/mol. The molecule has 2 aromatic heterocycles. The summed E-state index contributed by atoms with van der Waals surface area (Å²) in [6, 6.07) is 4.13. The van der Waals surface area contributed by atoms with Crippen molar-refractivity contribution in [2.45, 2.75) is 38.6 Å².